The lowest BCUT2D eigenvalue weighted by Crippen LogP contribution is -2.57. The summed E-state index contributed by atoms with van der Waals surface area (Å²) in [7, 11) is 0. The van der Waals surface area contributed by atoms with Crippen LogP contribution >= 0.6 is 11.8 Å². The summed E-state index contributed by atoms with van der Waals surface area (Å²) in [4.78, 5) is 11.5. The fraction of sp³-hybridized carbons (Fsp3) is 0.944. The van der Waals surface area contributed by atoms with Crippen LogP contribution < -0.4 is 0 Å². The van der Waals surface area contributed by atoms with E-state index in [0.717, 1.165) is 50.2 Å². The highest BCUT2D eigenvalue weighted by Gasteiger charge is 2.57. The second kappa shape index (κ2) is 6.64. The van der Waals surface area contributed by atoms with Gasteiger partial charge in [-0.05, 0) is 49.9 Å². The maximum Gasteiger partial charge on any atom is 0.376 e. The number of hydrogen-bond donors (Lipinski definition) is 0. The first kappa shape index (κ1) is 18.0. The van der Waals surface area contributed by atoms with E-state index in [0.29, 0.717) is 24.7 Å². The molecule has 4 bridgehead atoms. The van der Waals surface area contributed by atoms with Crippen LogP contribution in [-0.4, -0.2) is 49.0 Å². The van der Waals surface area contributed by atoms with Crippen LogP contribution in [-0.2, 0) is 19.0 Å². The Labute approximate surface area is 151 Å². The van der Waals surface area contributed by atoms with E-state index in [-0.39, 0.29) is 24.4 Å². The van der Waals surface area contributed by atoms with E-state index < -0.39 is 11.9 Å². The third kappa shape index (κ3) is 3.69. The van der Waals surface area contributed by atoms with Crippen molar-refractivity contribution in [3.8, 4) is 0 Å². The van der Waals surface area contributed by atoms with Crippen molar-refractivity contribution in [3.05, 3.63) is 0 Å². The lowest BCUT2D eigenvalue weighted by Gasteiger charge is -2.59. The van der Waals surface area contributed by atoms with Crippen molar-refractivity contribution < 1.29 is 27.8 Å². The van der Waals surface area contributed by atoms with Crippen LogP contribution in [0.3, 0.4) is 0 Å². The van der Waals surface area contributed by atoms with Gasteiger partial charge in [0.15, 0.2) is 6.29 Å². The second-order valence-corrected chi connectivity index (χ2v) is 9.56. The van der Waals surface area contributed by atoms with Crippen molar-refractivity contribution in [3.63, 3.8) is 0 Å². The van der Waals surface area contributed by atoms with Crippen LogP contribution in [0.15, 0.2) is 0 Å². The molecule has 0 amide bonds. The van der Waals surface area contributed by atoms with Gasteiger partial charge in [-0.2, -0.15) is 20.5 Å². The highest BCUT2D eigenvalue weighted by Crippen LogP contribution is 2.61. The first-order valence-corrected chi connectivity index (χ1v) is 10.4. The van der Waals surface area contributed by atoms with Crippen LogP contribution in [0.4, 0.5) is 8.78 Å². The van der Waals surface area contributed by atoms with Crippen LogP contribution in [0.1, 0.15) is 39.0 Å². The average molecular weight is 376 g/mol. The number of carbonyl (C=O) groups excluding carboxylic acids is 1. The first-order chi connectivity index (χ1) is 11.8. The highest BCUT2D eigenvalue weighted by atomic mass is 32.2. The summed E-state index contributed by atoms with van der Waals surface area (Å²) >= 11 is 1.86. The molecule has 5 fully saturated rings. The molecule has 0 aromatic heterocycles. The number of alkyl halides is 2. The van der Waals surface area contributed by atoms with E-state index >= 15 is 0 Å². The van der Waals surface area contributed by atoms with Gasteiger partial charge in [-0.1, -0.05) is 0 Å². The quantitative estimate of drug-likeness (QED) is 0.688. The molecule has 142 valence electrons. The van der Waals surface area contributed by atoms with Gasteiger partial charge in [-0.15, -0.1) is 0 Å². The summed E-state index contributed by atoms with van der Waals surface area (Å²) in [5.74, 6) is -1.43. The van der Waals surface area contributed by atoms with Gasteiger partial charge in [0.1, 0.15) is 0 Å². The zero-order valence-corrected chi connectivity index (χ0v) is 15.4. The average Bonchev–Trinajstić information content (AvgIpc) is 2.55. The lowest BCUT2D eigenvalue weighted by atomic mass is 9.49. The molecule has 1 heterocycles. The van der Waals surface area contributed by atoms with Crippen molar-refractivity contribution in [1.82, 2.24) is 0 Å². The molecule has 4 aliphatic carbocycles. The van der Waals surface area contributed by atoms with Gasteiger partial charge in [0.25, 0.3) is 0 Å². The molecule has 25 heavy (non-hydrogen) atoms. The van der Waals surface area contributed by atoms with Crippen molar-refractivity contribution in [2.75, 3.05) is 24.7 Å². The molecule has 0 spiro atoms. The van der Waals surface area contributed by atoms with E-state index in [9.17, 15) is 13.6 Å². The summed E-state index contributed by atoms with van der Waals surface area (Å²) < 4.78 is 43.2. The van der Waals surface area contributed by atoms with Gasteiger partial charge in [0.05, 0.1) is 19.3 Å². The monoisotopic (exact) mass is 376 g/mol. The number of esters is 1. The fourth-order valence-corrected chi connectivity index (χ4v) is 6.36. The summed E-state index contributed by atoms with van der Waals surface area (Å²) in [6.07, 6.45) is 5.18. The third-order valence-electron chi connectivity index (χ3n) is 6.28. The Hall–Kier alpha value is -0.400. The lowest BCUT2D eigenvalue weighted by molar-refractivity contribution is -0.236. The number of carbonyl (C=O) groups is 1. The number of thioether (sulfide) groups is 1. The van der Waals surface area contributed by atoms with E-state index in [2.05, 4.69) is 0 Å². The molecule has 5 aliphatic rings. The molecule has 0 N–H and O–H groups in total. The van der Waals surface area contributed by atoms with Crippen molar-refractivity contribution in [2.45, 2.75) is 57.3 Å². The SMILES string of the molecule is CC(F)(F)C(=O)OCC12CC3CC(C1)C(OC1CSCCO1)C(C3)C2. The normalized spacial score (nSPS) is 43.2. The minimum Gasteiger partial charge on any atom is -0.461 e. The molecule has 1 aliphatic heterocycles. The van der Waals surface area contributed by atoms with Crippen molar-refractivity contribution in [1.29, 1.82) is 0 Å². The minimum absolute atomic E-state index is 0.117. The number of ether oxygens (including phenoxy) is 3. The second-order valence-electron chi connectivity index (χ2n) is 8.41. The Morgan fingerprint density at radius 2 is 2.00 bits per heavy atom. The largest absolute Gasteiger partial charge is 0.461 e. The maximum atomic E-state index is 13.1. The molecule has 1 saturated heterocycles. The summed E-state index contributed by atoms with van der Waals surface area (Å²) in [6.45, 7) is 1.47. The molecule has 4 nitrogen and oxygen atoms in total. The van der Waals surface area contributed by atoms with Gasteiger partial charge in [0.2, 0.25) is 0 Å². The number of rotatable bonds is 5. The number of halogens is 2. The molecular weight excluding hydrogens is 350 g/mol. The van der Waals surface area contributed by atoms with Gasteiger partial charge in [-0.3, -0.25) is 0 Å². The van der Waals surface area contributed by atoms with E-state index in [4.69, 9.17) is 14.2 Å². The van der Waals surface area contributed by atoms with Gasteiger partial charge < -0.3 is 14.2 Å². The molecule has 0 aromatic carbocycles. The van der Waals surface area contributed by atoms with Crippen molar-refractivity contribution in [2.24, 2.45) is 23.2 Å². The zero-order chi connectivity index (χ0) is 17.7. The smallest absolute Gasteiger partial charge is 0.376 e. The Balaban J connectivity index is 1.39. The van der Waals surface area contributed by atoms with Crippen LogP contribution in [0.5, 0.6) is 0 Å². The molecule has 4 saturated carbocycles. The predicted octanol–water partition coefficient (Wildman–Crippen LogP) is 3.49. The predicted molar refractivity (Wildman–Crippen MR) is 89.5 cm³/mol. The van der Waals surface area contributed by atoms with Crippen LogP contribution in [0, 0.1) is 23.2 Å². The minimum atomic E-state index is -3.41. The van der Waals surface area contributed by atoms with E-state index in [1.807, 2.05) is 11.8 Å². The maximum absolute atomic E-state index is 13.1. The van der Waals surface area contributed by atoms with E-state index in [1.165, 1.54) is 0 Å². The highest BCUT2D eigenvalue weighted by molar-refractivity contribution is 7.99. The topological polar surface area (TPSA) is 44.8 Å². The summed E-state index contributed by atoms with van der Waals surface area (Å²) in [6, 6.07) is 0. The standard InChI is InChI=1S/C18H26F2O4S/c1-17(19,20)16(21)23-10-18-6-11-4-12(7-18)15(13(5-11)8-18)24-14-9-25-3-2-22-14/h11-15H,2-10H2,1H3. The molecule has 3 unspecified atom stereocenters. The van der Waals surface area contributed by atoms with Crippen LogP contribution in [0.2, 0.25) is 0 Å². The Bertz CT molecular complexity index is 502. The molecule has 5 rings (SSSR count). The van der Waals surface area contributed by atoms with Gasteiger partial charge in [-0.25, -0.2) is 4.79 Å². The van der Waals surface area contributed by atoms with E-state index in [1.54, 1.807) is 0 Å². The van der Waals surface area contributed by atoms with Gasteiger partial charge >= 0.3 is 11.9 Å². The molecule has 7 heteroatoms. The summed E-state index contributed by atoms with van der Waals surface area (Å²) in [5.41, 5.74) is -0.126. The third-order valence-corrected chi connectivity index (χ3v) is 7.24. The molecule has 0 radical (unpaired) electrons. The zero-order valence-electron chi connectivity index (χ0n) is 14.5. The Kier molecular flexibility index (Phi) is 4.78. The first-order valence-electron chi connectivity index (χ1n) is 9.24. The molecule has 3 atom stereocenters. The Morgan fingerprint density at radius 1 is 1.28 bits per heavy atom. The molecule has 0 aromatic rings. The fourth-order valence-electron chi connectivity index (χ4n) is 5.61. The molecular formula is C18H26F2O4S. The van der Waals surface area contributed by atoms with Gasteiger partial charge in [0, 0.05) is 23.8 Å². The summed E-state index contributed by atoms with van der Waals surface area (Å²) in [5, 5.41) is 0. The Morgan fingerprint density at radius 3 is 2.60 bits per heavy atom. The number of hydrogen-bond acceptors (Lipinski definition) is 5. The van der Waals surface area contributed by atoms with Crippen molar-refractivity contribution >= 4 is 17.7 Å². The van der Waals surface area contributed by atoms with Crippen LogP contribution in [0.25, 0.3) is 0 Å².